The first-order valence-electron chi connectivity index (χ1n) is 8.45. The third kappa shape index (κ3) is 1.98. The molecule has 130 valence electrons. The number of hydrogen-bond acceptors (Lipinski definition) is 5. The number of ether oxygens (including phenoxy) is 4. The maximum Gasteiger partial charge on any atom is 0.161 e. The van der Waals surface area contributed by atoms with Gasteiger partial charge in [-0.3, -0.25) is 4.90 Å². The molecule has 0 aromatic heterocycles. The Kier molecular flexibility index (Phi) is 3.82. The van der Waals surface area contributed by atoms with Gasteiger partial charge < -0.3 is 18.9 Å². The van der Waals surface area contributed by atoms with Gasteiger partial charge in [-0.1, -0.05) is 12.2 Å². The number of hydrogen-bond donors (Lipinski definition) is 0. The van der Waals surface area contributed by atoms with Crippen LogP contribution < -0.4 is 9.47 Å². The Hall–Kier alpha value is -1.56. The molecule has 0 spiro atoms. The molecule has 2 heterocycles. The van der Waals surface area contributed by atoms with Crippen molar-refractivity contribution in [1.29, 1.82) is 0 Å². The molecule has 0 radical (unpaired) electrons. The zero-order chi connectivity index (χ0) is 16.9. The third-order valence-electron chi connectivity index (χ3n) is 5.99. The molecule has 24 heavy (non-hydrogen) atoms. The highest BCUT2D eigenvalue weighted by atomic mass is 16.5. The van der Waals surface area contributed by atoms with Crippen molar-refractivity contribution in [3.8, 4) is 11.5 Å². The molecule has 3 aliphatic rings. The van der Waals surface area contributed by atoms with Gasteiger partial charge in [-0.05, 0) is 30.5 Å². The maximum absolute atomic E-state index is 5.90. The molecule has 5 nitrogen and oxygen atoms in total. The summed E-state index contributed by atoms with van der Waals surface area (Å²) in [6, 6.07) is 4.62. The summed E-state index contributed by atoms with van der Waals surface area (Å²) in [7, 11) is 6.93. The summed E-state index contributed by atoms with van der Waals surface area (Å²) in [5.74, 6) is 1.53. The Labute approximate surface area is 143 Å². The van der Waals surface area contributed by atoms with E-state index in [2.05, 4.69) is 29.2 Å². The first-order chi connectivity index (χ1) is 11.7. The Morgan fingerprint density at radius 2 is 1.79 bits per heavy atom. The SMILES string of the molecule is COc1cc2c(cc1OC)C13C=CC(OC)CC1N(CC3)C2OC. The molecule has 5 unspecified atom stereocenters. The molecule has 2 aliphatic heterocycles. The minimum Gasteiger partial charge on any atom is -0.493 e. The predicted molar refractivity (Wildman–Crippen MR) is 90.6 cm³/mol. The molecule has 4 rings (SSSR count). The minimum atomic E-state index is -0.0514. The minimum absolute atomic E-state index is 0.0128. The second-order valence-corrected chi connectivity index (χ2v) is 6.80. The van der Waals surface area contributed by atoms with Crippen molar-refractivity contribution < 1.29 is 18.9 Å². The molecule has 0 N–H and O–H groups in total. The van der Waals surface area contributed by atoms with Gasteiger partial charge in [-0.25, -0.2) is 0 Å². The summed E-state index contributed by atoms with van der Waals surface area (Å²) >= 11 is 0. The fourth-order valence-electron chi connectivity index (χ4n) is 4.85. The lowest BCUT2D eigenvalue weighted by Gasteiger charge is -2.48. The molecule has 5 atom stereocenters. The second kappa shape index (κ2) is 5.76. The summed E-state index contributed by atoms with van der Waals surface area (Å²) in [5.41, 5.74) is 2.50. The Balaban J connectivity index is 1.92. The molecule has 5 heteroatoms. The smallest absolute Gasteiger partial charge is 0.161 e. The number of methoxy groups -OCH3 is 4. The summed E-state index contributed by atoms with van der Waals surface area (Å²) in [6.45, 7) is 1.02. The van der Waals surface area contributed by atoms with Crippen molar-refractivity contribution in [1.82, 2.24) is 4.90 Å². The van der Waals surface area contributed by atoms with Crippen LogP contribution in [0.15, 0.2) is 24.3 Å². The number of benzene rings is 1. The van der Waals surface area contributed by atoms with Crippen molar-refractivity contribution in [3.63, 3.8) is 0 Å². The van der Waals surface area contributed by atoms with Crippen molar-refractivity contribution in [2.75, 3.05) is 35.0 Å². The van der Waals surface area contributed by atoms with Crippen LogP contribution in [0.5, 0.6) is 11.5 Å². The molecule has 0 amide bonds. The van der Waals surface area contributed by atoms with Gasteiger partial charge in [0.15, 0.2) is 11.5 Å². The van der Waals surface area contributed by atoms with Crippen molar-refractivity contribution >= 4 is 0 Å². The molecule has 1 aliphatic carbocycles. The molecule has 2 bridgehead atoms. The summed E-state index contributed by atoms with van der Waals surface area (Å²) in [4.78, 5) is 2.48. The van der Waals surface area contributed by atoms with E-state index in [4.69, 9.17) is 18.9 Å². The van der Waals surface area contributed by atoms with Gasteiger partial charge in [0.25, 0.3) is 0 Å². The van der Waals surface area contributed by atoms with Crippen LogP contribution in [0.25, 0.3) is 0 Å². The highest BCUT2D eigenvalue weighted by Crippen LogP contribution is 2.56. The predicted octanol–water partition coefficient (Wildman–Crippen LogP) is 2.65. The number of rotatable bonds is 4. The van der Waals surface area contributed by atoms with Gasteiger partial charge in [-0.15, -0.1) is 0 Å². The fourth-order valence-corrected chi connectivity index (χ4v) is 4.85. The van der Waals surface area contributed by atoms with E-state index in [-0.39, 0.29) is 17.7 Å². The van der Waals surface area contributed by atoms with E-state index in [1.807, 2.05) is 0 Å². The van der Waals surface area contributed by atoms with Crippen LogP contribution >= 0.6 is 0 Å². The van der Waals surface area contributed by atoms with E-state index in [1.165, 1.54) is 11.1 Å². The summed E-state index contributed by atoms with van der Waals surface area (Å²) in [5, 5.41) is 0. The fraction of sp³-hybridized carbons (Fsp3) is 0.579. The number of fused-ring (bicyclic) bond motifs is 1. The zero-order valence-electron chi connectivity index (χ0n) is 14.7. The molecule has 1 fully saturated rings. The number of nitrogens with zero attached hydrogens (tertiary/aromatic N) is 1. The molecular formula is C19H25NO4. The standard InChI is InChI=1S/C19H25NO4/c1-21-12-5-6-19-7-8-20(17(19)9-12)18(24-4)13-10-15(22-2)16(23-3)11-14(13)19/h5-6,10-12,17-18H,7-9H2,1-4H3. The lowest BCUT2D eigenvalue weighted by molar-refractivity contribution is -0.0668. The van der Waals surface area contributed by atoms with Gasteiger partial charge in [0.1, 0.15) is 6.23 Å². The molecule has 1 aromatic rings. The second-order valence-electron chi connectivity index (χ2n) is 6.80. The monoisotopic (exact) mass is 331 g/mol. The molecular weight excluding hydrogens is 306 g/mol. The zero-order valence-corrected chi connectivity index (χ0v) is 14.7. The Morgan fingerprint density at radius 3 is 2.46 bits per heavy atom. The topological polar surface area (TPSA) is 40.2 Å². The average Bonchev–Trinajstić information content (AvgIpc) is 2.95. The third-order valence-corrected chi connectivity index (χ3v) is 5.99. The summed E-state index contributed by atoms with van der Waals surface area (Å²) < 4.78 is 22.6. The highest BCUT2D eigenvalue weighted by Gasteiger charge is 2.56. The van der Waals surface area contributed by atoms with Crippen LogP contribution in [0.1, 0.15) is 30.2 Å². The molecule has 1 aromatic carbocycles. The lowest BCUT2D eigenvalue weighted by atomic mass is 9.66. The van der Waals surface area contributed by atoms with E-state index in [1.54, 1.807) is 28.4 Å². The van der Waals surface area contributed by atoms with Crippen LogP contribution in [-0.4, -0.2) is 52.0 Å². The summed E-state index contributed by atoms with van der Waals surface area (Å²) in [6.07, 6.45) is 6.76. The van der Waals surface area contributed by atoms with Crippen molar-refractivity contribution in [2.45, 2.75) is 36.6 Å². The normalized spacial score (nSPS) is 36.2. The van der Waals surface area contributed by atoms with Crippen molar-refractivity contribution in [2.24, 2.45) is 0 Å². The van der Waals surface area contributed by atoms with Crippen LogP contribution in [-0.2, 0) is 14.9 Å². The van der Waals surface area contributed by atoms with E-state index >= 15 is 0 Å². The van der Waals surface area contributed by atoms with Gasteiger partial charge in [-0.2, -0.15) is 0 Å². The first-order valence-corrected chi connectivity index (χ1v) is 8.45. The van der Waals surface area contributed by atoms with E-state index in [9.17, 15) is 0 Å². The Morgan fingerprint density at radius 1 is 1.04 bits per heavy atom. The van der Waals surface area contributed by atoms with Crippen LogP contribution in [0.4, 0.5) is 0 Å². The van der Waals surface area contributed by atoms with Gasteiger partial charge >= 0.3 is 0 Å². The van der Waals surface area contributed by atoms with E-state index in [0.29, 0.717) is 6.04 Å². The largest absolute Gasteiger partial charge is 0.493 e. The van der Waals surface area contributed by atoms with E-state index in [0.717, 1.165) is 30.9 Å². The van der Waals surface area contributed by atoms with Gasteiger partial charge in [0, 0.05) is 37.8 Å². The van der Waals surface area contributed by atoms with Gasteiger partial charge in [0.2, 0.25) is 0 Å². The van der Waals surface area contributed by atoms with Crippen LogP contribution in [0, 0.1) is 0 Å². The van der Waals surface area contributed by atoms with E-state index < -0.39 is 0 Å². The Bertz CT molecular complexity index is 674. The lowest BCUT2D eigenvalue weighted by Crippen LogP contribution is -2.51. The van der Waals surface area contributed by atoms with Gasteiger partial charge in [0.05, 0.1) is 20.3 Å². The average molecular weight is 331 g/mol. The molecule has 1 saturated heterocycles. The quantitative estimate of drug-likeness (QED) is 0.793. The maximum atomic E-state index is 5.90. The first kappa shape index (κ1) is 15.9. The van der Waals surface area contributed by atoms with Crippen molar-refractivity contribution in [3.05, 3.63) is 35.4 Å². The molecule has 0 saturated carbocycles. The van der Waals surface area contributed by atoms with Crippen LogP contribution in [0.3, 0.4) is 0 Å². The van der Waals surface area contributed by atoms with Crippen LogP contribution in [0.2, 0.25) is 0 Å². The highest BCUT2D eigenvalue weighted by molar-refractivity contribution is 5.56.